The third kappa shape index (κ3) is 1.86. The minimum absolute atomic E-state index is 0.200. The number of fused-ring (bicyclic) bond motifs is 1. The molecular formula is C12H12O4. The van der Waals surface area contributed by atoms with Gasteiger partial charge in [0.15, 0.2) is 11.5 Å². The van der Waals surface area contributed by atoms with Gasteiger partial charge in [0.05, 0.1) is 7.11 Å². The Morgan fingerprint density at radius 2 is 2.25 bits per heavy atom. The highest BCUT2D eigenvalue weighted by molar-refractivity contribution is 5.81. The van der Waals surface area contributed by atoms with Crippen LogP contribution in [0.3, 0.4) is 0 Å². The maximum atomic E-state index is 10.5. The van der Waals surface area contributed by atoms with E-state index in [4.69, 9.17) is 14.2 Å². The van der Waals surface area contributed by atoms with Crippen LogP contribution >= 0.6 is 0 Å². The van der Waals surface area contributed by atoms with Crippen molar-refractivity contribution < 1.29 is 19.0 Å². The van der Waals surface area contributed by atoms with Crippen molar-refractivity contribution in [3.63, 3.8) is 0 Å². The van der Waals surface area contributed by atoms with Gasteiger partial charge in [0.1, 0.15) is 6.29 Å². The minimum atomic E-state index is 0.200. The largest absolute Gasteiger partial charge is 0.493 e. The molecule has 1 aliphatic heterocycles. The smallest absolute Gasteiger partial charge is 0.231 e. The van der Waals surface area contributed by atoms with Crippen LogP contribution in [0.5, 0.6) is 17.2 Å². The summed E-state index contributed by atoms with van der Waals surface area (Å²) in [5, 5.41) is 0. The fraction of sp³-hybridized carbons (Fsp3) is 0.250. The van der Waals surface area contributed by atoms with Crippen molar-refractivity contribution >= 4 is 12.4 Å². The SMILES string of the molecule is COc1cc(/C=C(/C)C=O)cc2c1OCO2. The molecule has 16 heavy (non-hydrogen) atoms. The molecule has 4 nitrogen and oxygen atoms in total. The summed E-state index contributed by atoms with van der Waals surface area (Å²) in [5.74, 6) is 1.87. The summed E-state index contributed by atoms with van der Waals surface area (Å²) in [5.41, 5.74) is 1.49. The van der Waals surface area contributed by atoms with E-state index in [2.05, 4.69) is 0 Å². The predicted octanol–water partition coefficient (Wildman–Crippen LogP) is 2.03. The molecule has 0 atom stereocenters. The summed E-state index contributed by atoms with van der Waals surface area (Å²) in [6, 6.07) is 3.62. The van der Waals surface area contributed by atoms with Crippen molar-refractivity contribution in [3.8, 4) is 17.2 Å². The standard InChI is InChI=1S/C12H12O4/c1-8(6-13)3-9-4-10(14-2)12-11(5-9)15-7-16-12/h3-6H,7H2,1-2H3/b8-3-. The first-order valence-corrected chi connectivity index (χ1v) is 4.85. The third-order valence-corrected chi connectivity index (χ3v) is 2.26. The summed E-state index contributed by atoms with van der Waals surface area (Å²) in [6.45, 7) is 1.94. The normalized spacial score (nSPS) is 13.8. The van der Waals surface area contributed by atoms with Gasteiger partial charge in [-0.05, 0) is 36.3 Å². The van der Waals surface area contributed by atoms with Crippen LogP contribution in [0.25, 0.3) is 6.08 Å². The van der Waals surface area contributed by atoms with Crippen LogP contribution in [-0.4, -0.2) is 20.2 Å². The van der Waals surface area contributed by atoms with E-state index < -0.39 is 0 Å². The zero-order valence-electron chi connectivity index (χ0n) is 9.15. The lowest BCUT2D eigenvalue weighted by molar-refractivity contribution is -0.104. The number of carbonyl (C=O) groups is 1. The maximum Gasteiger partial charge on any atom is 0.231 e. The van der Waals surface area contributed by atoms with Gasteiger partial charge in [0, 0.05) is 0 Å². The number of rotatable bonds is 3. The van der Waals surface area contributed by atoms with E-state index in [1.807, 2.05) is 6.07 Å². The fourth-order valence-corrected chi connectivity index (χ4v) is 1.53. The second-order valence-corrected chi connectivity index (χ2v) is 3.46. The molecule has 0 unspecified atom stereocenters. The number of aldehydes is 1. The number of hydrogen-bond acceptors (Lipinski definition) is 4. The van der Waals surface area contributed by atoms with E-state index in [1.54, 1.807) is 26.2 Å². The molecule has 4 heteroatoms. The Balaban J connectivity index is 2.46. The van der Waals surface area contributed by atoms with E-state index in [0.29, 0.717) is 22.8 Å². The Morgan fingerprint density at radius 1 is 1.44 bits per heavy atom. The Kier molecular flexibility index (Phi) is 2.81. The molecule has 0 saturated carbocycles. The first kappa shape index (κ1) is 10.5. The van der Waals surface area contributed by atoms with Crippen molar-refractivity contribution in [3.05, 3.63) is 23.3 Å². The molecule has 0 N–H and O–H groups in total. The van der Waals surface area contributed by atoms with Gasteiger partial charge in [-0.1, -0.05) is 0 Å². The van der Waals surface area contributed by atoms with E-state index >= 15 is 0 Å². The number of benzene rings is 1. The lowest BCUT2D eigenvalue weighted by Crippen LogP contribution is -1.93. The van der Waals surface area contributed by atoms with Gasteiger partial charge in [-0.2, -0.15) is 0 Å². The molecule has 0 spiro atoms. The summed E-state index contributed by atoms with van der Waals surface area (Å²) in [6.07, 6.45) is 2.56. The van der Waals surface area contributed by atoms with Gasteiger partial charge in [0.25, 0.3) is 0 Å². The van der Waals surface area contributed by atoms with Crippen molar-refractivity contribution in [1.29, 1.82) is 0 Å². The van der Waals surface area contributed by atoms with Crippen LogP contribution < -0.4 is 14.2 Å². The Labute approximate surface area is 93.4 Å². The van der Waals surface area contributed by atoms with Gasteiger partial charge in [-0.3, -0.25) is 4.79 Å². The van der Waals surface area contributed by atoms with Crippen molar-refractivity contribution in [2.75, 3.05) is 13.9 Å². The molecule has 0 fully saturated rings. The zero-order chi connectivity index (χ0) is 11.5. The van der Waals surface area contributed by atoms with Crippen LogP contribution in [0.4, 0.5) is 0 Å². The summed E-state index contributed by atoms with van der Waals surface area (Å²) >= 11 is 0. The molecule has 0 saturated heterocycles. The maximum absolute atomic E-state index is 10.5. The van der Waals surface area contributed by atoms with Crippen LogP contribution in [0.1, 0.15) is 12.5 Å². The molecule has 1 aromatic rings. The Hall–Kier alpha value is -1.97. The van der Waals surface area contributed by atoms with Gasteiger partial charge in [-0.25, -0.2) is 0 Å². The Bertz CT molecular complexity index is 449. The average molecular weight is 220 g/mol. The first-order valence-electron chi connectivity index (χ1n) is 4.85. The van der Waals surface area contributed by atoms with Crippen molar-refractivity contribution in [2.45, 2.75) is 6.92 Å². The molecular weight excluding hydrogens is 208 g/mol. The highest BCUT2D eigenvalue weighted by Gasteiger charge is 2.19. The minimum Gasteiger partial charge on any atom is -0.493 e. The van der Waals surface area contributed by atoms with Crippen LogP contribution in [0, 0.1) is 0 Å². The molecule has 1 aromatic carbocycles. The molecule has 1 aliphatic rings. The number of allylic oxidation sites excluding steroid dienone is 1. The number of ether oxygens (including phenoxy) is 3. The van der Waals surface area contributed by atoms with Crippen LogP contribution in [-0.2, 0) is 4.79 Å². The van der Waals surface area contributed by atoms with Crippen LogP contribution in [0.2, 0.25) is 0 Å². The van der Waals surface area contributed by atoms with Gasteiger partial charge < -0.3 is 14.2 Å². The summed E-state index contributed by atoms with van der Waals surface area (Å²) in [7, 11) is 1.57. The van der Waals surface area contributed by atoms with Crippen molar-refractivity contribution in [1.82, 2.24) is 0 Å². The molecule has 0 amide bonds. The summed E-state index contributed by atoms with van der Waals surface area (Å²) in [4.78, 5) is 10.5. The van der Waals surface area contributed by atoms with Crippen molar-refractivity contribution in [2.24, 2.45) is 0 Å². The fourth-order valence-electron chi connectivity index (χ4n) is 1.53. The molecule has 0 aliphatic carbocycles. The van der Waals surface area contributed by atoms with Gasteiger partial charge in [0.2, 0.25) is 12.5 Å². The second kappa shape index (κ2) is 4.26. The summed E-state index contributed by atoms with van der Waals surface area (Å²) < 4.78 is 15.7. The average Bonchev–Trinajstić information content (AvgIpc) is 2.75. The van der Waals surface area contributed by atoms with Crippen LogP contribution in [0.15, 0.2) is 17.7 Å². The van der Waals surface area contributed by atoms with E-state index in [-0.39, 0.29) is 6.79 Å². The highest BCUT2D eigenvalue weighted by atomic mass is 16.7. The second-order valence-electron chi connectivity index (χ2n) is 3.46. The molecule has 0 radical (unpaired) electrons. The first-order chi connectivity index (χ1) is 7.74. The molecule has 1 heterocycles. The third-order valence-electron chi connectivity index (χ3n) is 2.26. The molecule has 0 bridgehead atoms. The zero-order valence-corrected chi connectivity index (χ0v) is 9.15. The Morgan fingerprint density at radius 3 is 2.94 bits per heavy atom. The van der Waals surface area contributed by atoms with E-state index in [0.717, 1.165) is 11.8 Å². The molecule has 0 aromatic heterocycles. The molecule has 2 rings (SSSR count). The topological polar surface area (TPSA) is 44.8 Å². The monoisotopic (exact) mass is 220 g/mol. The molecule has 84 valence electrons. The number of carbonyl (C=O) groups excluding carboxylic acids is 1. The van der Waals surface area contributed by atoms with E-state index in [9.17, 15) is 4.79 Å². The number of methoxy groups -OCH3 is 1. The quantitative estimate of drug-likeness (QED) is 0.577. The lowest BCUT2D eigenvalue weighted by Gasteiger charge is -2.05. The highest BCUT2D eigenvalue weighted by Crippen LogP contribution is 2.42. The number of hydrogen-bond donors (Lipinski definition) is 0. The lowest BCUT2D eigenvalue weighted by atomic mass is 10.1. The van der Waals surface area contributed by atoms with Gasteiger partial charge >= 0.3 is 0 Å². The predicted molar refractivity (Wildman–Crippen MR) is 58.8 cm³/mol. The van der Waals surface area contributed by atoms with Gasteiger partial charge in [-0.15, -0.1) is 0 Å². The van der Waals surface area contributed by atoms with E-state index in [1.165, 1.54) is 0 Å².